The Balaban J connectivity index is 1.79. The van der Waals surface area contributed by atoms with E-state index < -0.39 is 28.9 Å². The summed E-state index contributed by atoms with van der Waals surface area (Å²) in [6, 6.07) is 10.1. The summed E-state index contributed by atoms with van der Waals surface area (Å²) in [6.45, 7) is -0.274. The van der Waals surface area contributed by atoms with Gasteiger partial charge in [-0.1, -0.05) is 24.3 Å². The molecule has 0 saturated carbocycles. The Hall–Kier alpha value is -3.07. The zero-order chi connectivity index (χ0) is 20.5. The molecular formula is C19H12F3NO4S. The minimum atomic E-state index is -4.52. The van der Waals surface area contributed by atoms with E-state index in [2.05, 4.69) is 0 Å². The second-order valence-electron chi connectivity index (χ2n) is 5.89. The van der Waals surface area contributed by atoms with E-state index in [4.69, 9.17) is 5.11 Å². The first-order valence-corrected chi connectivity index (χ1v) is 8.71. The molecular weight excluding hydrogens is 395 g/mol. The summed E-state index contributed by atoms with van der Waals surface area (Å²) < 4.78 is 38.5. The smallest absolute Gasteiger partial charge is 0.416 e. The maximum atomic E-state index is 12.8. The van der Waals surface area contributed by atoms with Gasteiger partial charge in [-0.2, -0.15) is 13.2 Å². The average molecular weight is 407 g/mol. The fourth-order valence-corrected chi connectivity index (χ4v) is 3.38. The minimum Gasteiger partial charge on any atom is -0.478 e. The van der Waals surface area contributed by atoms with Gasteiger partial charge in [-0.15, -0.1) is 0 Å². The summed E-state index contributed by atoms with van der Waals surface area (Å²) in [6.07, 6.45) is -3.08. The van der Waals surface area contributed by atoms with E-state index in [9.17, 15) is 27.6 Å². The number of rotatable bonds is 4. The lowest BCUT2D eigenvalue weighted by molar-refractivity contribution is -0.137. The number of aromatic carboxylic acids is 1. The number of imide groups is 1. The highest BCUT2D eigenvalue weighted by Gasteiger charge is 2.36. The number of alkyl halides is 3. The van der Waals surface area contributed by atoms with Crippen molar-refractivity contribution in [1.29, 1.82) is 0 Å². The van der Waals surface area contributed by atoms with Gasteiger partial charge in [-0.3, -0.25) is 14.5 Å². The molecule has 0 radical (unpaired) electrons. The van der Waals surface area contributed by atoms with E-state index in [-0.39, 0.29) is 22.6 Å². The largest absolute Gasteiger partial charge is 0.478 e. The summed E-state index contributed by atoms with van der Waals surface area (Å²) in [5.74, 6) is -1.71. The van der Waals surface area contributed by atoms with Crippen LogP contribution in [0.25, 0.3) is 6.08 Å². The molecule has 1 aliphatic heterocycles. The van der Waals surface area contributed by atoms with Crippen molar-refractivity contribution < 1.29 is 32.7 Å². The zero-order valence-electron chi connectivity index (χ0n) is 14.1. The number of nitrogens with zero attached hydrogens (tertiary/aromatic N) is 1. The van der Waals surface area contributed by atoms with Crippen LogP contribution in [0.5, 0.6) is 0 Å². The quantitative estimate of drug-likeness (QED) is 0.748. The first-order valence-electron chi connectivity index (χ1n) is 7.90. The topological polar surface area (TPSA) is 74.7 Å². The van der Waals surface area contributed by atoms with E-state index in [0.717, 1.165) is 17.0 Å². The van der Waals surface area contributed by atoms with Gasteiger partial charge in [0.05, 0.1) is 22.6 Å². The van der Waals surface area contributed by atoms with Gasteiger partial charge in [0.2, 0.25) is 0 Å². The number of carbonyl (C=O) groups excluding carboxylic acids is 2. The SMILES string of the molecule is O=C(O)c1ccc(C=C2SC(=O)N(Cc3cccc(C(F)(F)F)c3)C2=O)cc1. The molecule has 9 heteroatoms. The molecule has 0 bridgehead atoms. The van der Waals surface area contributed by atoms with Crippen molar-refractivity contribution in [2.75, 3.05) is 0 Å². The predicted octanol–water partition coefficient (Wildman–Crippen LogP) is 4.64. The Morgan fingerprint density at radius 1 is 1.11 bits per heavy atom. The van der Waals surface area contributed by atoms with Gasteiger partial charge in [0.1, 0.15) is 0 Å². The third-order valence-electron chi connectivity index (χ3n) is 3.92. The predicted molar refractivity (Wildman–Crippen MR) is 96.4 cm³/mol. The Morgan fingerprint density at radius 3 is 2.39 bits per heavy atom. The molecule has 2 aromatic carbocycles. The van der Waals surface area contributed by atoms with Crippen molar-refractivity contribution in [2.24, 2.45) is 0 Å². The molecule has 1 saturated heterocycles. The van der Waals surface area contributed by atoms with Crippen LogP contribution in [-0.2, 0) is 17.5 Å². The van der Waals surface area contributed by atoms with E-state index in [1.54, 1.807) is 0 Å². The van der Waals surface area contributed by atoms with Crippen LogP contribution in [0.3, 0.4) is 0 Å². The number of thioether (sulfide) groups is 1. The van der Waals surface area contributed by atoms with Crippen molar-refractivity contribution in [3.8, 4) is 0 Å². The lowest BCUT2D eigenvalue weighted by Gasteiger charge is -2.14. The van der Waals surface area contributed by atoms with E-state index >= 15 is 0 Å². The second kappa shape index (κ2) is 7.51. The van der Waals surface area contributed by atoms with Gasteiger partial charge in [-0.25, -0.2) is 4.79 Å². The molecule has 5 nitrogen and oxygen atoms in total. The number of amides is 2. The van der Waals surface area contributed by atoms with Crippen LogP contribution in [0, 0.1) is 0 Å². The highest BCUT2D eigenvalue weighted by Crippen LogP contribution is 2.34. The second-order valence-corrected chi connectivity index (χ2v) is 6.89. The molecule has 0 atom stereocenters. The molecule has 2 aromatic rings. The molecule has 0 unspecified atom stereocenters. The number of carboxylic acids is 1. The summed E-state index contributed by atoms with van der Waals surface area (Å²) >= 11 is 0.676. The van der Waals surface area contributed by atoms with Gasteiger partial charge in [0.25, 0.3) is 11.1 Å². The maximum Gasteiger partial charge on any atom is 0.416 e. The number of carboxylic acid groups (broad SMARTS) is 1. The van der Waals surface area contributed by atoms with Gasteiger partial charge in [0.15, 0.2) is 0 Å². The number of halogens is 3. The molecule has 144 valence electrons. The van der Waals surface area contributed by atoms with Crippen molar-refractivity contribution in [1.82, 2.24) is 4.90 Å². The highest BCUT2D eigenvalue weighted by atomic mass is 32.2. The molecule has 2 amide bonds. The van der Waals surface area contributed by atoms with Crippen LogP contribution in [-0.4, -0.2) is 27.1 Å². The fraction of sp³-hybridized carbons (Fsp3) is 0.105. The molecule has 28 heavy (non-hydrogen) atoms. The normalized spacial score (nSPS) is 16.1. The van der Waals surface area contributed by atoms with Gasteiger partial charge in [0, 0.05) is 0 Å². The van der Waals surface area contributed by atoms with Crippen molar-refractivity contribution in [2.45, 2.75) is 12.7 Å². The molecule has 0 aliphatic carbocycles. The molecule has 1 N–H and O–H groups in total. The molecule has 1 fully saturated rings. The molecule has 1 heterocycles. The van der Waals surface area contributed by atoms with E-state index in [0.29, 0.717) is 17.3 Å². The molecule has 1 aliphatic rings. The summed E-state index contributed by atoms with van der Waals surface area (Å²) in [5, 5.41) is 8.30. The Bertz CT molecular complexity index is 983. The third kappa shape index (κ3) is 4.25. The van der Waals surface area contributed by atoms with Crippen LogP contribution in [0.2, 0.25) is 0 Å². The summed E-state index contributed by atoms with van der Waals surface area (Å²) in [7, 11) is 0. The first kappa shape index (κ1) is 19.7. The van der Waals surface area contributed by atoms with Crippen LogP contribution in [0.4, 0.5) is 18.0 Å². The van der Waals surface area contributed by atoms with Crippen molar-refractivity contribution in [3.63, 3.8) is 0 Å². The van der Waals surface area contributed by atoms with Crippen LogP contribution in [0.1, 0.15) is 27.0 Å². The average Bonchev–Trinajstić information content (AvgIpc) is 2.89. The Morgan fingerprint density at radius 2 is 1.79 bits per heavy atom. The fourth-order valence-electron chi connectivity index (χ4n) is 2.54. The summed E-state index contributed by atoms with van der Waals surface area (Å²) in [4.78, 5) is 36.5. The third-order valence-corrected chi connectivity index (χ3v) is 4.83. The lowest BCUT2D eigenvalue weighted by atomic mass is 10.1. The molecule has 0 spiro atoms. The van der Waals surface area contributed by atoms with Gasteiger partial charge >= 0.3 is 12.1 Å². The highest BCUT2D eigenvalue weighted by molar-refractivity contribution is 8.18. The van der Waals surface area contributed by atoms with Crippen molar-refractivity contribution in [3.05, 3.63) is 75.7 Å². The van der Waals surface area contributed by atoms with Crippen LogP contribution >= 0.6 is 11.8 Å². The standard InChI is InChI=1S/C19H12F3NO4S/c20-19(21,22)14-3-1-2-12(8-14)10-23-16(24)15(28-18(23)27)9-11-4-6-13(7-5-11)17(25)26/h1-9H,10H2,(H,25,26). The first-order chi connectivity index (χ1) is 13.1. The summed E-state index contributed by atoms with van der Waals surface area (Å²) in [5.41, 5.74) is -0.0698. The molecule has 0 aromatic heterocycles. The maximum absolute atomic E-state index is 12.8. The Kier molecular flexibility index (Phi) is 5.28. The van der Waals surface area contributed by atoms with E-state index in [1.807, 2.05) is 0 Å². The van der Waals surface area contributed by atoms with E-state index in [1.165, 1.54) is 42.5 Å². The Labute approximate surface area is 161 Å². The number of hydrogen-bond acceptors (Lipinski definition) is 4. The zero-order valence-corrected chi connectivity index (χ0v) is 14.9. The number of benzene rings is 2. The lowest BCUT2D eigenvalue weighted by Crippen LogP contribution is -2.27. The van der Waals surface area contributed by atoms with Gasteiger partial charge in [-0.05, 0) is 53.2 Å². The van der Waals surface area contributed by atoms with Crippen LogP contribution < -0.4 is 0 Å². The van der Waals surface area contributed by atoms with Crippen LogP contribution in [0.15, 0.2) is 53.4 Å². The number of hydrogen-bond donors (Lipinski definition) is 1. The number of carbonyl (C=O) groups is 3. The molecule has 3 rings (SSSR count). The monoisotopic (exact) mass is 407 g/mol. The van der Waals surface area contributed by atoms with Crippen molar-refractivity contribution >= 4 is 35.0 Å². The van der Waals surface area contributed by atoms with Gasteiger partial charge < -0.3 is 5.11 Å². The minimum absolute atomic E-state index is 0.0785.